The minimum absolute atomic E-state index is 0.115. The van der Waals surface area contributed by atoms with Gasteiger partial charge in [0.15, 0.2) is 5.69 Å². The number of piperidine rings is 2. The first kappa shape index (κ1) is 19.6. The zero-order valence-electron chi connectivity index (χ0n) is 16.8. The van der Waals surface area contributed by atoms with Crippen molar-refractivity contribution in [3.05, 3.63) is 41.6 Å². The van der Waals surface area contributed by atoms with Gasteiger partial charge in [-0.05, 0) is 57.3 Å². The predicted molar refractivity (Wildman–Crippen MR) is 114 cm³/mol. The van der Waals surface area contributed by atoms with Crippen LogP contribution < -0.4 is 10.2 Å². The number of hydrogen-bond donors (Lipinski definition) is 2. The number of aromatic nitrogens is 2. The summed E-state index contributed by atoms with van der Waals surface area (Å²) in [4.78, 5) is 25.9. The van der Waals surface area contributed by atoms with E-state index >= 15 is 0 Å². The number of nitrogens with zero attached hydrogens (tertiary/aromatic N) is 4. The summed E-state index contributed by atoms with van der Waals surface area (Å²) in [6.07, 6.45) is 6.91. The Kier molecular flexibility index (Phi) is 6.24. The van der Waals surface area contributed by atoms with E-state index in [9.17, 15) is 9.90 Å². The molecule has 2 aliphatic heterocycles. The Labute approximate surface area is 171 Å². The van der Waals surface area contributed by atoms with Crippen LogP contribution in [0.2, 0.25) is 0 Å². The van der Waals surface area contributed by atoms with Gasteiger partial charge in [-0.3, -0.25) is 4.90 Å². The van der Waals surface area contributed by atoms with Gasteiger partial charge >= 0.3 is 5.97 Å². The molecule has 0 amide bonds. The van der Waals surface area contributed by atoms with Gasteiger partial charge in [-0.25, -0.2) is 9.78 Å². The quantitative estimate of drug-likeness (QED) is 0.768. The highest BCUT2D eigenvalue weighted by atomic mass is 16.4. The van der Waals surface area contributed by atoms with Crippen molar-refractivity contribution in [3.63, 3.8) is 0 Å². The minimum atomic E-state index is -0.992. The molecule has 154 valence electrons. The van der Waals surface area contributed by atoms with Gasteiger partial charge < -0.3 is 15.3 Å². The number of likely N-dealkylation sites (tertiary alicyclic amines) is 1. The van der Waals surface area contributed by atoms with Crippen LogP contribution >= 0.6 is 0 Å². The van der Waals surface area contributed by atoms with Crippen molar-refractivity contribution in [2.24, 2.45) is 0 Å². The number of hydrogen-bond acceptors (Lipinski definition) is 6. The van der Waals surface area contributed by atoms with E-state index in [-0.39, 0.29) is 5.69 Å². The fraction of sp³-hybridized carbons (Fsp3) is 0.500. The third-order valence-corrected chi connectivity index (χ3v) is 5.70. The van der Waals surface area contributed by atoms with Crippen LogP contribution in [0.3, 0.4) is 0 Å². The van der Waals surface area contributed by atoms with Crippen molar-refractivity contribution in [2.75, 3.05) is 36.4 Å². The van der Waals surface area contributed by atoms with Crippen LogP contribution in [0.25, 0.3) is 0 Å². The number of aromatic carboxylic acids is 1. The highest BCUT2D eigenvalue weighted by molar-refractivity contribution is 5.89. The highest BCUT2D eigenvalue weighted by Gasteiger charge is 2.25. The van der Waals surface area contributed by atoms with Gasteiger partial charge in [0.25, 0.3) is 0 Å². The molecule has 2 saturated heterocycles. The molecule has 0 atom stereocenters. The molecule has 1 aromatic heterocycles. The van der Waals surface area contributed by atoms with E-state index in [4.69, 9.17) is 4.98 Å². The summed E-state index contributed by atoms with van der Waals surface area (Å²) in [6, 6.07) is 9.80. The molecule has 0 spiro atoms. The molecule has 2 fully saturated rings. The summed E-state index contributed by atoms with van der Waals surface area (Å²) in [5.41, 5.74) is 1.68. The molecule has 0 radical (unpaired) electrons. The fourth-order valence-electron chi connectivity index (χ4n) is 4.14. The maximum absolute atomic E-state index is 12.1. The number of carboxylic acids is 1. The maximum Gasteiger partial charge on any atom is 0.355 e. The summed E-state index contributed by atoms with van der Waals surface area (Å²) in [7, 11) is 0. The standard InChI is InChI=1S/C22H29N5O2/c28-21(29)19-18(16-26-12-6-2-7-13-26)20(23-17-10-4-1-5-11-17)25-22(24-19)27-14-8-3-9-15-27/h1,4-5,10-11H,2-3,6-9,12-16H2,(H,28,29)(H,23,24,25). The minimum Gasteiger partial charge on any atom is -0.476 e. The van der Waals surface area contributed by atoms with Crippen LogP contribution in [0.15, 0.2) is 30.3 Å². The lowest BCUT2D eigenvalue weighted by Gasteiger charge is -2.30. The molecule has 7 nitrogen and oxygen atoms in total. The Morgan fingerprint density at radius 3 is 2.24 bits per heavy atom. The summed E-state index contributed by atoms with van der Waals surface area (Å²) in [6.45, 7) is 4.26. The van der Waals surface area contributed by atoms with E-state index in [2.05, 4.69) is 20.1 Å². The number of benzene rings is 1. The molecule has 2 aliphatic rings. The van der Waals surface area contributed by atoms with Crippen molar-refractivity contribution >= 4 is 23.4 Å². The van der Waals surface area contributed by atoms with Crippen LogP contribution in [0.1, 0.15) is 54.6 Å². The van der Waals surface area contributed by atoms with E-state index in [0.29, 0.717) is 23.9 Å². The number of rotatable bonds is 6. The first-order valence-corrected chi connectivity index (χ1v) is 10.6. The molecule has 3 heterocycles. The number of carboxylic acid groups (broad SMARTS) is 1. The smallest absolute Gasteiger partial charge is 0.355 e. The molecule has 29 heavy (non-hydrogen) atoms. The Bertz CT molecular complexity index is 831. The number of para-hydroxylation sites is 1. The van der Waals surface area contributed by atoms with Crippen molar-refractivity contribution < 1.29 is 9.90 Å². The molecular weight excluding hydrogens is 366 g/mol. The molecule has 0 bridgehead atoms. The molecule has 7 heteroatoms. The normalized spacial score (nSPS) is 17.9. The topological polar surface area (TPSA) is 81.6 Å². The lowest BCUT2D eigenvalue weighted by molar-refractivity contribution is 0.0687. The van der Waals surface area contributed by atoms with Gasteiger partial charge in [0.1, 0.15) is 5.82 Å². The highest BCUT2D eigenvalue weighted by Crippen LogP contribution is 2.28. The second-order valence-electron chi connectivity index (χ2n) is 7.88. The van der Waals surface area contributed by atoms with Gasteiger partial charge in [-0.1, -0.05) is 24.6 Å². The van der Waals surface area contributed by atoms with Crippen molar-refractivity contribution in [1.29, 1.82) is 0 Å². The van der Waals surface area contributed by atoms with Gasteiger partial charge in [0.05, 0.1) is 0 Å². The lowest BCUT2D eigenvalue weighted by atomic mass is 10.1. The monoisotopic (exact) mass is 395 g/mol. The van der Waals surface area contributed by atoms with Gasteiger partial charge in [0, 0.05) is 30.9 Å². The van der Waals surface area contributed by atoms with Crippen LogP contribution in [0.4, 0.5) is 17.5 Å². The maximum atomic E-state index is 12.1. The summed E-state index contributed by atoms with van der Waals surface area (Å²) in [5.74, 6) is 0.131. The van der Waals surface area contributed by atoms with Crippen molar-refractivity contribution in [2.45, 2.75) is 45.1 Å². The van der Waals surface area contributed by atoms with E-state index < -0.39 is 5.97 Å². The van der Waals surface area contributed by atoms with Crippen molar-refractivity contribution in [1.82, 2.24) is 14.9 Å². The molecule has 1 aromatic carbocycles. The molecule has 2 aromatic rings. The number of nitrogens with one attached hydrogen (secondary N) is 1. The largest absolute Gasteiger partial charge is 0.476 e. The summed E-state index contributed by atoms with van der Waals surface area (Å²) < 4.78 is 0. The number of anilines is 3. The second-order valence-corrected chi connectivity index (χ2v) is 7.88. The van der Waals surface area contributed by atoms with E-state index in [1.54, 1.807) is 0 Å². The Morgan fingerprint density at radius 2 is 1.59 bits per heavy atom. The average molecular weight is 396 g/mol. The predicted octanol–water partition coefficient (Wildman–Crippen LogP) is 3.89. The van der Waals surface area contributed by atoms with Crippen LogP contribution in [-0.4, -0.2) is 52.1 Å². The van der Waals surface area contributed by atoms with E-state index in [0.717, 1.165) is 57.5 Å². The zero-order chi connectivity index (χ0) is 20.1. The third-order valence-electron chi connectivity index (χ3n) is 5.70. The average Bonchev–Trinajstić information content (AvgIpc) is 2.76. The van der Waals surface area contributed by atoms with E-state index in [1.807, 2.05) is 30.3 Å². The molecule has 2 N–H and O–H groups in total. The lowest BCUT2D eigenvalue weighted by Crippen LogP contribution is -2.33. The first-order valence-electron chi connectivity index (χ1n) is 10.6. The van der Waals surface area contributed by atoms with Gasteiger partial charge in [-0.2, -0.15) is 4.98 Å². The van der Waals surface area contributed by atoms with Crippen LogP contribution in [0, 0.1) is 0 Å². The third kappa shape index (κ3) is 4.85. The first-order chi connectivity index (χ1) is 14.2. The van der Waals surface area contributed by atoms with Gasteiger partial charge in [-0.15, -0.1) is 0 Å². The van der Waals surface area contributed by atoms with E-state index in [1.165, 1.54) is 12.8 Å². The molecular formula is C22H29N5O2. The molecule has 0 aliphatic carbocycles. The summed E-state index contributed by atoms with van der Waals surface area (Å²) >= 11 is 0. The Hall–Kier alpha value is -2.67. The Balaban J connectivity index is 1.73. The fourth-order valence-corrected chi connectivity index (χ4v) is 4.14. The number of carbonyl (C=O) groups is 1. The SMILES string of the molecule is O=C(O)c1nc(N2CCCCC2)nc(Nc2ccccc2)c1CN1CCCCC1. The second kappa shape index (κ2) is 9.22. The van der Waals surface area contributed by atoms with Crippen LogP contribution in [-0.2, 0) is 6.54 Å². The summed E-state index contributed by atoms with van der Waals surface area (Å²) in [5, 5.41) is 13.3. The Morgan fingerprint density at radius 1 is 0.931 bits per heavy atom. The molecule has 0 saturated carbocycles. The van der Waals surface area contributed by atoms with Crippen molar-refractivity contribution in [3.8, 4) is 0 Å². The zero-order valence-corrected chi connectivity index (χ0v) is 16.8. The van der Waals surface area contributed by atoms with Gasteiger partial charge in [0.2, 0.25) is 5.95 Å². The molecule has 4 rings (SSSR count). The van der Waals surface area contributed by atoms with Crippen LogP contribution in [0.5, 0.6) is 0 Å². The molecule has 0 unspecified atom stereocenters.